The van der Waals surface area contributed by atoms with Gasteiger partial charge in [0.25, 0.3) is 0 Å². The number of ether oxygens (including phenoxy) is 6. The van der Waals surface area contributed by atoms with E-state index in [4.69, 9.17) is 28.4 Å². The van der Waals surface area contributed by atoms with Crippen LogP contribution >= 0.6 is 22.7 Å². The second-order valence-corrected chi connectivity index (χ2v) is 9.75. The maximum absolute atomic E-state index is 5.96. The van der Waals surface area contributed by atoms with Gasteiger partial charge >= 0.3 is 0 Å². The molecule has 3 aliphatic rings. The van der Waals surface area contributed by atoms with Crippen LogP contribution in [0.3, 0.4) is 0 Å². The van der Waals surface area contributed by atoms with Crippen molar-refractivity contribution in [1.29, 1.82) is 0 Å². The Morgan fingerprint density at radius 1 is 0.633 bits per heavy atom. The molecule has 0 aromatic carbocycles. The van der Waals surface area contributed by atoms with E-state index in [0.29, 0.717) is 38.3 Å². The number of fused-ring (bicyclic) bond motifs is 2. The highest BCUT2D eigenvalue weighted by atomic mass is 32.1. The minimum Gasteiger partial charge on any atom is -0.485 e. The van der Waals surface area contributed by atoms with Gasteiger partial charge < -0.3 is 28.4 Å². The molecular weight excluding hydrogens is 424 g/mol. The second-order valence-electron chi connectivity index (χ2n) is 8.26. The molecule has 0 radical (unpaired) electrons. The summed E-state index contributed by atoms with van der Waals surface area (Å²) in [7, 11) is 0. The van der Waals surface area contributed by atoms with Crippen molar-refractivity contribution in [2.24, 2.45) is 11.8 Å². The van der Waals surface area contributed by atoms with Crippen molar-refractivity contribution >= 4 is 22.7 Å². The maximum atomic E-state index is 5.96. The van der Waals surface area contributed by atoms with E-state index >= 15 is 0 Å². The Morgan fingerprint density at radius 2 is 1.07 bits per heavy atom. The van der Waals surface area contributed by atoms with Gasteiger partial charge in [0.2, 0.25) is 0 Å². The smallest absolute Gasteiger partial charge is 0.172 e. The summed E-state index contributed by atoms with van der Waals surface area (Å²) in [6.45, 7) is 3.93. The molecule has 2 atom stereocenters. The molecule has 0 bridgehead atoms. The Morgan fingerprint density at radius 3 is 1.53 bits per heavy atom. The standard InChI is InChI=1S/C22H28O6S2/c1-2-16(6-24-8-18-10-26-20-12-30-14-22(20)28-18)4-3-15(1)5-23-7-17-9-25-19-11-29-13-21(19)27-17/h11-18H,1-10H2. The fourth-order valence-electron chi connectivity index (χ4n) is 4.18. The minimum absolute atomic E-state index is 0.00650. The molecule has 1 saturated carbocycles. The SMILES string of the molecule is c1scc2c1OCC(COCC1CCC(COCC3COc4cscc4O3)CC1)O2. The van der Waals surface area contributed by atoms with Gasteiger partial charge in [-0.05, 0) is 37.5 Å². The van der Waals surface area contributed by atoms with Crippen LogP contribution in [0.25, 0.3) is 0 Å². The fourth-order valence-corrected chi connectivity index (χ4v) is 5.53. The lowest BCUT2D eigenvalue weighted by atomic mass is 9.83. The quantitative estimate of drug-likeness (QED) is 0.582. The third-order valence-corrected chi connectivity index (χ3v) is 7.30. The zero-order valence-electron chi connectivity index (χ0n) is 17.0. The van der Waals surface area contributed by atoms with Crippen LogP contribution in [0.5, 0.6) is 23.0 Å². The van der Waals surface area contributed by atoms with Gasteiger partial charge in [0.05, 0.1) is 13.2 Å². The van der Waals surface area contributed by atoms with E-state index in [0.717, 1.165) is 36.2 Å². The molecule has 5 rings (SSSR count). The van der Waals surface area contributed by atoms with E-state index < -0.39 is 0 Å². The summed E-state index contributed by atoms with van der Waals surface area (Å²) in [6, 6.07) is 0. The topological polar surface area (TPSA) is 55.4 Å². The van der Waals surface area contributed by atoms with Crippen LogP contribution in [-0.2, 0) is 9.47 Å². The average molecular weight is 453 g/mol. The molecule has 0 spiro atoms. The van der Waals surface area contributed by atoms with Gasteiger partial charge in [0.1, 0.15) is 13.2 Å². The molecule has 1 aliphatic carbocycles. The molecule has 30 heavy (non-hydrogen) atoms. The van der Waals surface area contributed by atoms with Crippen molar-refractivity contribution in [2.45, 2.75) is 37.9 Å². The molecule has 0 N–H and O–H groups in total. The predicted molar refractivity (Wildman–Crippen MR) is 116 cm³/mol. The first kappa shape index (κ1) is 20.4. The van der Waals surface area contributed by atoms with Crippen LogP contribution in [0.2, 0.25) is 0 Å². The van der Waals surface area contributed by atoms with Gasteiger partial charge in [-0.3, -0.25) is 0 Å². The van der Waals surface area contributed by atoms with Gasteiger partial charge in [0.15, 0.2) is 35.2 Å². The molecule has 0 saturated heterocycles. The molecule has 4 heterocycles. The maximum Gasteiger partial charge on any atom is 0.172 e. The zero-order chi connectivity index (χ0) is 20.2. The minimum atomic E-state index is -0.00650. The third-order valence-electron chi connectivity index (χ3n) is 5.90. The Hall–Kier alpha value is -1.48. The summed E-state index contributed by atoms with van der Waals surface area (Å²) in [4.78, 5) is 0. The lowest BCUT2D eigenvalue weighted by Gasteiger charge is -2.30. The lowest BCUT2D eigenvalue weighted by molar-refractivity contribution is -0.0188. The van der Waals surface area contributed by atoms with E-state index in [1.807, 2.05) is 21.5 Å². The van der Waals surface area contributed by atoms with Crippen molar-refractivity contribution in [1.82, 2.24) is 0 Å². The average Bonchev–Trinajstić information content (AvgIpc) is 3.43. The Balaban J connectivity index is 0.934. The molecule has 2 unspecified atom stereocenters. The summed E-state index contributed by atoms with van der Waals surface area (Å²) in [5.74, 6) is 4.68. The summed E-state index contributed by atoms with van der Waals surface area (Å²) in [5, 5.41) is 7.92. The monoisotopic (exact) mass is 452 g/mol. The highest BCUT2D eigenvalue weighted by molar-refractivity contribution is 7.08. The van der Waals surface area contributed by atoms with E-state index in [2.05, 4.69) is 0 Å². The predicted octanol–water partition coefficient (Wildman–Crippen LogP) is 4.63. The van der Waals surface area contributed by atoms with Gasteiger partial charge in [-0.1, -0.05) is 0 Å². The van der Waals surface area contributed by atoms with Crippen molar-refractivity contribution < 1.29 is 28.4 Å². The van der Waals surface area contributed by atoms with Gasteiger partial charge in [-0.25, -0.2) is 0 Å². The van der Waals surface area contributed by atoms with Crippen LogP contribution in [0, 0.1) is 11.8 Å². The van der Waals surface area contributed by atoms with Crippen molar-refractivity contribution in [3.05, 3.63) is 21.5 Å². The molecular formula is C22H28O6S2. The van der Waals surface area contributed by atoms with Crippen molar-refractivity contribution in [3.8, 4) is 23.0 Å². The van der Waals surface area contributed by atoms with Crippen LogP contribution in [-0.4, -0.2) is 51.8 Å². The summed E-state index contributed by atoms with van der Waals surface area (Å²) in [6.07, 6.45) is 4.79. The lowest BCUT2D eigenvalue weighted by Crippen LogP contribution is -2.34. The molecule has 1 fully saturated rings. The summed E-state index contributed by atoms with van der Waals surface area (Å²) in [5.41, 5.74) is 0. The number of hydrogen-bond acceptors (Lipinski definition) is 8. The highest BCUT2D eigenvalue weighted by Crippen LogP contribution is 2.36. The number of hydrogen-bond donors (Lipinski definition) is 0. The first-order valence-electron chi connectivity index (χ1n) is 10.7. The molecule has 8 heteroatoms. The molecule has 6 nitrogen and oxygen atoms in total. The van der Waals surface area contributed by atoms with Crippen LogP contribution < -0.4 is 18.9 Å². The molecule has 0 amide bonds. The Bertz CT molecular complexity index is 731. The normalized spacial score (nSPS) is 27.7. The van der Waals surface area contributed by atoms with Gasteiger partial charge in [-0.2, -0.15) is 0 Å². The van der Waals surface area contributed by atoms with E-state index in [1.165, 1.54) is 25.7 Å². The zero-order valence-corrected chi connectivity index (χ0v) is 18.6. The second kappa shape index (κ2) is 9.77. The van der Waals surface area contributed by atoms with E-state index in [-0.39, 0.29) is 12.2 Å². The third kappa shape index (κ3) is 5.04. The summed E-state index contributed by atoms with van der Waals surface area (Å²) < 4.78 is 35.1. The Labute approximate surface area is 185 Å². The van der Waals surface area contributed by atoms with E-state index in [1.54, 1.807) is 22.7 Å². The molecule has 2 aliphatic heterocycles. The Kier molecular flexibility index (Phi) is 6.65. The first-order chi connectivity index (χ1) is 14.8. The van der Waals surface area contributed by atoms with Crippen molar-refractivity contribution in [2.75, 3.05) is 39.6 Å². The molecule has 2 aromatic heterocycles. The van der Waals surface area contributed by atoms with E-state index in [9.17, 15) is 0 Å². The number of rotatable bonds is 8. The van der Waals surface area contributed by atoms with Crippen LogP contribution in [0.4, 0.5) is 0 Å². The van der Waals surface area contributed by atoms with Gasteiger partial charge in [-0.15, -0.1) is 22.7 Å². The first-order valence-corrected chi connectivity index (χ1v) is 12.6. The molecule has 164 valence electrons. The summed E-state index contributed by atoms with van der Waals surface area (Å²) >= 11 is 3.20. The molecule has 2 aromatic rings. The van der Waals surface area contributed by atoms with Crippen molar-refractivity contribution in [3.63, 3.8) is 0 Å². The highest BCUT2D eigenvalue weighted by Gasteiger charge is 2.26. The largest absolute Gasteiger partial charge is 0.485 e. The van der Waals surface area contributed by atoms with Gasteiger partial charge in [0, 0.05) is 34.7 Å². The van der Waals surface area contributed by atoms with Crippen LogP contribution in [0.15, 0.2) is 21.5 Å². The van der Waals surface area contributed by atoms with Crippen LogP contribution in [0.1, 0.15) is 25.7 Å². The number of thiophene rings is 2. The fraction of sp³-hybridized carbons (Fsp3) is 0.636.